The number of para-hydroxylation sites is 1. The summed E-state index contributed by atoms with van der Waals surface area (Å²) in [7, 11) is 1.38. The van der Waals surface area contributed by atoms with E-state index in [-0.39, 0.29) is 5.97 Å². The summed E-state index contributed by atoms with van der Waals surface area (Å²) >= 11 is 0. The van der Waals surface area contributed by atoms with E-state index in [9.17, 15) is 4.79 Å². The molecule has 5 nitrogen and oxygen atoms in total. The Kier molecular flexibility index (Phi) is 5.11. The standard InChI is InChI=1S/C19H21N3O2/c1-24-19(23)17-9-7-16(8-10-17)15-20-22-13-11-21(12-14-22)18-5-3-2-4-6-18/h2-10,15H,11-14H2,1H3/b20-15+. The first-order valence-corrected chi connectivity index (χ1v) is 8.03. The van der Waals surface area contributed by atoms with Crippen LogP contribution in [0.2, 0.25) is 0 Å². The molecule has 2 aromatic carbocycles. The molecule has 0 bridgehead atoms. The van der Waals surface area contributed by atoms with Crippen molar-refractivity contribution < 1.29 is 9.53 Å². The van der Waals surface area contributed by atoms with Crippen molar-refractivity contribution in [3.05, 3.63) is 65.7 Å². The topological polar surface area (TPSA) is 45.1 Å². The summed E-state index contributed by atoms with van der Waals surface area (Å²) in [6, 6.07) is 17.7. The molecule has 0 radical (unpaired) electrons. The van der Waals surface area contributed by atoms with Gasteiger partial charge < -0.3 is 9.64 Å². The highest BCUT2D eigenvalue weighted by molar-refractivity contribution is 5.90. The van der Waals surface area contributed by atoms with Gasteiger partial charge in [0, 0.05) is 18.8 Å². The van der Waals surface area contributed by atoms with Crippen molar-refractivity contribution >= 4 is 17.9 Å². The van der Waals surface area contributed by atoms with Crippen LogP contribution in [-0.2, 0) is 4.74 Å². The van der Waals surface area contributed by atoms with Gasteiger partial charge in [0.2, 0.25) is 0 Å². The van der Waals surface area contributed by atoms with Crippen molar-refractivity contribution in [2.24, 2.45) is 5.10 Å². The molecule has 0 N–H and O–H groups in total. The molecule has 0 aliphatic carbocycles. The number of nitrogens with zero attached hydrogens (tertiary/aromatic N) is 3. The van der Waals surface area contributed by atoms with Gasteiger partial charge in [-0.1, -0.05) is 30.3 Å². The van der Waals surface area contributed by atoms with E-state index in [1.807, 2.05) is 24.4 Å². The number of piperazine rings is 1. The quantitative estimate of drug-likeness (QED) is 0.641. The second-order valence-electron chi connectivity index (χ2n) is 5.63. The van der Waals surface area contributed by atoms with Gasteiger partial charge in [0.15, 0.2) is 0 Å². The van der Waals surface area contributed by atoms with Gasteiger partial charge in [-0.2, -0.15) is 5.10 Å². The lowest BCUT2D eigenvalue weighted by Gasteiger charge is -2.34. The van der Waals surface area contributed by atoms with Crippen molar-refractivity contribution in [1.29, 1.82) is 0 Å². The fourth-order valence-corrected chi connectivity index (χ4v) is 2.68. The number of methoxy groups -OCH3 is 1. The first kappa shape index (κ1) is 16.1. The molecule has 0 aromatic heterocycles. The van der Waals surface area contributed by atoms with Gasteiger partial charge >= 0.3 is 5.97 Å². The fourth-order valence-electron chi connectivity index (χ4n) is 2.68. The van der Waals surface area contributed by atoms with Gasteiger partial charge in [-0.3, -0.25) is 5.01 Å². The number of rotatable bonds is 4. The summed E-state index contributed by atoms with van der Waals surface area (Å²) in [6.07, 6.45) is 1.83. The lowest BCUT2D eigenvalue weighted by molar-refractivity contribution is 0.0600. The number of hydrogen-bond donors (Lipinski definition) is 0. The Bertz CT molecular complexity index is 690. The van der Waals surface area contributed by atoms with Crippen LogP contribution in [0.4, 0.5) is 5.69 Å². The number of hydrazone groups is 1. The zero-order valence-electron chi connectivity index (χ0n) is 13.8. The van der Waals surface area contributed by atoms with Crippen LogP contribution in [0.5, 0.6) is 0 Å². The number of carbonyl (C=O) groups is 1. The number of ether oxygens (including phenoxy) is 1. The molecule has 1 aliphatic rings. The number of hydrogen-bond acceptors (Lipinski definition) is 5. The zero-order valence-corrected chi connectivity index (χ0v) is 13.8. The lowest BCUT2D eigenvalue weighted by Crippen LogP contribution is -2.44. The van der Waals surface area contributed by atoms with Crippen LogP contribution in [0.15, 0.2) is 59.7 Å². The van der Waals surface area contributed by atoms with Crippen molar-refractivity contribution in [2.45, 2.75) is 0 Å². The zero-order chi connectivity index (χ0) is 16.8. The maximum Gasteiger partial charge on any atom is 0.337 e. The minimum absolute atomic E-state index is 0.324. The predicted molar refractivity (Wildman–Crippen MR) is 95.6 cm³/mol. The normalized spacial score (nSPS) is 14.9. The van der Waals surface area contributed by atoms with Gasteiger partial charge in [0.1, 0.15) is 0 Å². The van der Waals surface area contributed by atoms with Crippen LogP contribution in [0.1, 0.15) is 15.9 Å². The van der Waals surface area contributed by atoms with Crippen LogP contribution < -0.4 is 4.90 Å². The van der Waals surface area contributed by atoms with Gasteiger partial charge in [-0.05, 0) is 29.8 Å². The fraction of sp³-hybridized carbons (Fsp3) is 0.263. The van der Waals surface area contributed by atoms with Crippen LogP contribution in [0.3, 0.4) is 0 Å². The van der Waals surface area contributed by atoms with E-state index in [1.165, 1.54) is 12.8 Å². The van der Waals surface area contributed by atoms with Crippen LogP contribution in [0, 0.1) is 0 Å². The smallest absolute Gasteiger partial charge is 0.337 e. The lowest BCUT2D eigenvalue weighted by atomic mass is 10.1. The van der Waals surface area contributed by atoms with Gasteiger partial charge in [-0.25, -0.2) is 4.79 Å². The van der Waals surface area contributed by atoms with E-state index in [2.05, 4.69) is 39.3 Å². The Morgan fingerprint density at radius 2 is 1.67 bits per heavy atom. The highest BCUT2D eigenvalue weighted by Gasteiger charge is 2.15. The molecule has 0 unspecified atom stereocenters. The highest BCUT2D eigenvalue weighted by atomic mass is 16.5. The van der Waals surface area contributed by atoms with E-state index in [1.54, 1.807) is 12.1 Å². The average Bonchev–Trinajstić information content (AvgIpc) is 2.67. The van der Waals surface area contributed by atoms with Crippen molar-refractivity contribution in [3.63, 3.8) is 0 Å². The molecule has 3 rings (SSSR count). The summed E-state index contributed by atoms with van der Waals surface area (Å²) in [5, 5.41) is 6.62. The second-order valence-corrected chi connectivity index (χ2v) is 5.63. The molecule has 124 valence electrons. The maximum atomic E-state index is 11.4. The molecule has 24 heavy (non-hydrogen) atoms. The molecule has 0 amide bonds. The van der Waals surface area contributed by atoms with Crippen molar-refractivity contribution in [3.8, 4) is 0 Å². The van der Waals surface area contributed by atoms with Crippen LogP contribution >= 0.6 is 0 Å². The second kappa shape index (κ2) is 7.64. The molecule has 1 aliphatic heterocycles. The summed E-state index contributed by atoms with van der Waals surface area (Å²) in [6.45, 7) is 3.71. The third-order valence-corrected chi connectivity index (χ3v) is 4.08. The van der Waals surface area contributed by atoms with E-state index in [4.69, 9.17) is 4.74 Å². The van der Waals surface area contributed by atoms with Crippen molar-refractivity contribution in [2.75, 3.05) is 38.2 Å². The van der Waals surface area contributed by atoms with Crippen LogP contribution in [-0.4, -0.2) is 50.5 Å². The molecule has 0 atom stereocenters. The first-order valence-electron chi connectivity index (χ1n) is 8.03. The van der Waals surface area contributed by atoms with E-state index >= 15 is 0 Å². The minimum atomic E-state index is -0.324. The van der Waals surface area contributed by atoms with E-state index in [0.29, 0.717) is 5.56 Å². The van der Waals surface area contributed by atoms with E-state index in [0.717, 1.165) is 31.7 Å². The molecule has 5 heteroatoms. The predicted octanol–water partition coefficient (Wildman–Crippen LogP) is 2.63. The van der Waals surface area contributed by atoms with Crippen molar-refractivity contribution in [1.82, 2.24) is 5.01 Å². The van der Waals surface area contributed by atoms with Gasteiger partial charge in [0.25, 0.3) is 0 Å². The van der Waals surface area contributed by atoms with Gasteiger partial charge in [-0.15, -0.1) is 0 Å². The van der Waals surface area contributed by atoms with Gasteiger partial charge in [0.05, 0.1) is 32.0 Å². The first-order chi connectivity index (χ1) is 11.8. The summed E-state index contributed by atoms with van der Waals surface area (Å²) < 4.78 is 4.69. The minimum Gasteiger partial charge on any atom is -0.465 e. The molecular weight excluding hydrogens is 302 g/mol. The average molecular weight is 323 g/mol. The van der Waals surface area contributed by atoms with E-state index < -0.39 is 0 Å². The molecule has 0 spiro atoms. The molecule has 1 heterocycles. The Morgan fingerprint density at radius 1 is 1.00 bits per heavy atom. The number of carbonyl (C=O) groups excluding carboxylic acids is 1. The Balaban J connectivity index is 1.54. The monoisotopic (exact) mass is 323 g/mol. The summed E-state index contributed by atoms with van der Waals surface area (Å²) in [5.41, 5.74) is 2.78. The Labute approximate surface area is 142 Å². The SMILES string of the molecule is COC(=O)c1ccc(/C=N/N2CCN(c3ccccc3)CC2)cc1. The third kappa shape index (κ3) is 3.93. The largest absolute Gasteiger partial charge is 0.465 e. The highest BCUT2D eigenvalue weighted by Crippen LogP contribution is 2.15. The maximum absolute atomic E-state index is 11.4. The summed E-state index contributed by atoms with van der Waals surface area (Å²) in [4.78, 5) is 13.8. The Hall–Kier alpha value is -2.82. The molecular formula is C19H21N3O2. The summed E-state index contributed by atoms with van der Waals surface area (Å²) in [5.74, 6) is -0.324. The third-order valence-electron chi connectivity index (χ3n) is 4.08. The molecule has 1 fully saturated rings. The number of esters is 1. The molecule has 2 aromatic rings. The molecule has 0 saturated carbocycles. The number of anilines is 1. The number of benzene rings is 2. The molecule has 1 saturated heterocycles. The Morgan fingerprint density at radius 3 is 2.29 bits per heavy atom. The van der Waals surface area contributed by atoms with Crippen LogP contribution in [0.25, 0.3) is 0 Å².